The quantitative estimate of drug-likeness (QED) is 0.508. The lowest BCUT2D eigenvalue weighted by atomic mass is 10.2. The van der Waals surface area contributed by atoms with Crippen LogP contribution >= 0.6 is 58.0 Å². The van der Waals surface area contributed by atoms with Gasteiger partial charge in [0, 0.05) is 10.6 Å². The number of nitrogens with zero attached hydrogens (tertiary/aromatic N) is 1. The molecule has 2 rings (SSSR count). The third-order valence-electron chi connectivity index (χ3n) is 2.69. The van der Waals surface area contributed by atoms with E-state index in [0.29, 0.717) is 20.6 Å². The molecule has 0 aliphatic rings. The Labute approximate surface area is 163 Å². The molecule has 0 aromatic heterocycles. The molecule has 0 saturated carbocycles. The van der Waals surface area contributed by atoms with Crippen molar-refractivity contribution in [1.29, 1.82) is 0 Å². The van der Waals surface area contributed by atoms with Crippen molar-refractivity contribution in [2.75, 3.05) is 6.61 Å². The Kier molecular flexibility index (Phi) is 7.02. The van der Waals surface area contributed by atoms with Gasteiger partial charge in [-0.3, -0.25) is 4.79 Å². The largest absolute Gasteiger partial charge is 0.481 e. The molecular formula is C15H9Cl5N2O2. The maximum Gasteiger partial charge on any atom is 0.277 e. The van der Waals surface area contributed by atoms with Crippen LogP contribution in [-0.2, 0) is 4.79 Å². The highest BCUT2D eigenvalue weighted by Gasteiger charge is 2.11. The van der Waals surface area contributed by atoms with Crippen LogP contribution in [0.15, 0.2) is 35.4 Å². The van der Waals surface area contributed by atoms with Gasteiger partial charge in [0.15, 0.2) is 12.4 Å². The normalized spacial score (nSPS) is 10.9. The summed E-state index contributed by atoms with van der Waals surface area (Å²) < 4.78 is 5.27. The summed E-state index contributed by atoms with van der Waals surface area (Å²) in [5.41, 5.74) is 2.77. The van der Waals surface area contributed by atoms with Gasteiger partial charge in [0.2, 0.25) is 0 Å². The molecule has 0 spiro atoms. The second-order valence-electron chi connectivity index (χ2n) is 4.42. The summed E-state index contributed by atoms with van der Waals surface area (Å²) >= 11 is 29.7. The van der Waals surface area contributed by atoms with E-state index in [-0.39, 0.29) is 22.4 Å². The van der Waals surface area contributed by atoms with Crippen LogP contribution < -0.4 is 10.2 Å². The van der Waals surface area contributed by atoms with Crippen LogP contribution in [0.2, 0.25) is 25.1 Å². The summed E-state index contributed by atoms with van der Waals surface area (Å²) in [7, 11) is 0. The van der Waals surface area contributed by atoms with Crippen molar-refractivity contribution in [2.24, 2.45) is 5.10 Å². The number of benzene rings is 2. The number of hydrogen-bond donors (Lipinski definition) is 1. The lowest BCUT2D eigenvalue weighted by Gasteiger charge is -2.09. The molecule has 2 aromatic rings. The highest BCUT2D eigenvalue weighted by Crippen LogP contribution is 2.35. The number of ether oxygens (including phenoxy) is 1. The zero-order valence-electron chi connectivity index (χ0n) is 11.8. The van der Waals surface area contributed by atoms with E-state index in [1.165, 1.54) is 18.3 Å². The van der Waals surface area contributed by atoms with Crippen molar-refractivity contribution in [2.45, 2.75) is 0 Å². The Hall–Kier alpha value is -1.17. The van der Waals surface area contributed by atoms with Gasteiger partial charge in [-0.25, -0.2) is 5.43 Å². The second kappa shape index (κ2) is 8.79. The Bertz CT molecular complexity index is 752. The van der Waals surface area contributed by atoms with Gasteiger partial charge in [-0.05, 0) is 24.3 Å². The molecule has 1 N–H and O–H groups in total. The molecule has 0 aliphatic carbocycles. The molecule has 0 radical (unpaired) electrons. The number of carbonyl (C=O) groups is 1. The average molecular weight is 427 g/mol. The van der Waals surface area contributed by atoms with Crippen LogP contribution in [-0.4, -0.2) is 18.7 Å². The van der Waals surface area contributed by atoms with Gasteiger partial charge in [0.05, 0.1) is 26.3 Å². The molecule has 4 nitrogen and oxygen atoms in total. The van der Waals surface area contributed by atoms with Gasteiger partial charge in [0.25, 0.3) is 5.91 Å². The SMILES string of the molecule is O=C(COc1c(Cl)cc(Cl)cc1Cl)N/N=C/c1c(Cl)cccc1Cl. The minimum atomic E-state index is -0.517. The van der Waals surface area contributed by atoms with Crippen molar-refractivity contribution in [3.05, 3.63) is 61.0 Å². The lowest BCUT2D eigenvalue weighted by molar-refractivity contribution is -0.123. The number of carbonyl (C=O) groups excluding carboxylic acids is 1. The van der Waals surface area contributed by atoms with Crippen LogP contribution in [0.4, 0.5) is 0 Å². The molecule has 0 unspecified atom stereocenters. The fourth-order valence-electron chi connectivity index (χ4n) is 1.64. The third kappa shape index (κ3) is 5.16. The first-order chi connectivity index (χ1) is 11.4. The number of halogens is 5. The Morgan fingerprint density at radius 3 is 2.21 bits per heavy atom. The summed E-state index contributed by atoms with van der Waals surface area (Å²) in [6.45, 7) is -0.339. The summed E-state index contributed by atoms with van der Waals surface area (Å²) in [5, 5.41) is 5.37. The Morgan fingerprint density at radius 1 is 1.04 bits per heavy atom. The summed E-state index contributed by atoms with van der Waals surface area (Å²) in [5.74, 6) is -0.354. The van der Waals surface area contributed by atoms with Gasteiger partial charge in [-0.2, -0.15) is 5.10 Å². The lowest BCUT2D eigenvalue weighted by Crippen LogP contribution is -2.24. The first-order valence-corrected chi connectivity index (χ1v) is 8.30. The maximum atomic E-state index is 11.7. The highest BCUT2D eigenvalue weighted by atomic mass is 35.5. The minimum absolute atomic E-state index is 0.163. The molecule has 24 heavy (non-hydrogen) atoms. The molecular weight excluding hydrogens is 417 g/mol. The molecule has 0 saturated heterocycles. The summed E-state index contributed by atoms with van der Waals surface area (Å²) in [6, 6.07) is 7.93. The van der Waals surface area contributed by atoms with E-state index in [0.717, 1.165) is 0 Å². The smallest absolute Gasteiger partial charge is 0.277 e. The van der Waals surface area contributed by atoms with Crippen LogP contribution in [0.5, 0.6) is 5.75 Å². The van der Waals surface area contributed by atoms with Crippen molar-refractivity contribution in [3.8, 4) is 5.75 Å². The van der Waals surface area contributed by atoms with E-state index in [2.05, 4.69) is 10.5 Å². The van der Waals surface area contributed by atoms with Gasteiger partial charge in [-0.15, -0.1) is 0 Å². The van der Waals surface area contributed by atoms with Crippen LogP contribution in [0.25, 0.3) is 0 Å². The van der Waals surface area contributed by atoms with Crippen molar-refractivity contribution >= 4 is 70.1 Å². The Balaban J connectivity index is 1.94. The molecule has 0 aliphatic heterocycles. The number of rotatable bonds is 5. The summed E-state index contributed by atoms with van der Waals surface area (Å²) in [4.78, 5) is 11.7. The third-order valence-corrected chi connectivity index (χ3v) is 4.13. The second-order valence-corrected chi connectivity index (χ2v) is 6.48. The first-order valence-electron chi connectivity index (χ1n) is 6.41. The average Bonchev–Trinajstić information content (AvgIpc) is 2.49. The van der Waals surface area contributed by atoms with Gasteiger partial charge in [0.1, 0.15) is 0 Å². The molecule has 0 fully saturated rings. The molecule has 0 atom stereocenters. The maximum absolute atomic E-state index is 11.7. The van der Waals surface area contributed by atoms with Crippen molar-refractivity contribution in [1.82, 2.24) is 5.43 Å². The van der Waals surface area contributed by atoms with Crippen molar-refractivity contribution in [3.63, 3.8) is 0 Å². The van der Waals surface area contributed by atoms with Gasteiger partial charge < -0.3 is 4.74 Å². The minimum Gasteiger partial charge on any atom is -0.481 e. The summed E-state index contributed by atoms with van der Waals surface area (Å²) in [6.07, 6.45) is 1.34. The van der Waals surface area contributed by atoms with Crippen LogP contribution in [0, 0.1) is 0 Å². The van der Waals surface area contributed by atoms with E-state index in [9.17, 15) is 4.79 Å². The molecule has 2 aromatic carbocycles. The predicted octanol–water partition coefficient (Wildman–Crippen LogP) is 5.48. The number of amides is 1. The fourth-order valence-corrected chi connectivity index (χ4v) is 3.06. The van der Waals surface area contributed by atoms with Crippen molar-refractivity contribution < 1.29 is 9.53 Å². The number of nitrogens with one attached hydrogen (secondary N) is 1. The van der Waals surface area contributed by atoms with E-state index in [4.69, 9.17) is 62.7 Å². The van der Waals surface area contributed by atoms with E-state index >= 15 is 0 Å². The molecule has 9 heteroatoms. The molecule has 0 bridgehead atoms. The zero-order chi connectivity index (χ0) is 17.7. The fraction of sp³-hybridized carbons (Fsp3) is 0.0667. The monoisotopic (exact) mass is 424 g/mol. The van der Waals surface area contributed by atoms with Gasteiger partial charge in [-0.1, -0.05) is 64.1 Å². The zero-order valence-corrected chi connectivity index (χ0v) is 15.6. The van der Waals surface area contributed by atoms with E-state index in [1.807, 2.05) is 0 Å². The molecule has 0 heterocycles. The first kappa shape index (κ1) is 19.2. The number of hydrazone groups is 1. The topological polar surface area (TPSA) is 50.7 Å². The van der Waals surface area contributed by atoms with Crippen LogP contribution in [0.3, 0.4) is 0 Å². The Morgan fingerprint density at radius 2 is 1.62 bits per heavy atom. The van der Waals surface area contributed by atoms with Gasteiger partial charge >= 0.3 is 0 Å². The number of hydrogen-bond acceptors (Lipinski definition) is 3. The van der Waals surface area contributed by atoms with E-state index < -0.39 is 5.91 Å². The molecule has 126 valence electrons. The van der Waals surface area contributed by atoms with Crippen LogP contribution in [0.1, 0.15) is 5.56 Å². The highest BCUT2D eigenvalue weighted by molar-refractivity contribution is 6.40. The van der Waals surface area contributed by atoms with E-state index in [1.54, 1.807) is 18.2 Å². The molecule has 1 amide bonds. The predicted molar refractivity (Wildman–Crippen MR) is 99.2 cm³/mol. The standard InChI is InChI=1S/C15H9Cl5N2O2/c16-8-4-12(19)15(13(20)5-8)24-7-14(23)22-21-6-9-10(17)2-1-3-11(9)18/h1-6H,7H2,(H,22,23)/b21-6+.